The molecule has 0 fully saturated rings. The first-order valence-electron chi connectivity index (χ1n) is 7.75. The lowest BCUT2D eigenvalue weighted by atomic mass is 10.3. The zero-order valence-corrected chi connectivity index (χ0v) is 14.4. The van der Waals surface area contributed by atoms with Crippen molar-refractivity contribution in [3.8, 4) is 11.5 Å². The van der Waals surface area contributed by atoms with Gasteiger partial charge in [-0.1, -0.05) is 24.3 Å². The summed E-state index contributed by atoms with van der Waals surface area (Å²) < 4.78 is 55.8. The Morgan fingerprint density at radius 1 is 0.808 bits per heavy atom. The normalized spacial score (nSPS) is 15.9. The minimum atomic E-state index is -4.16. The van der Waals surface area contributed by atoms with Crippen LogP contribution in [0.1, 0.15) is 6.42 Å². The maximum Gasteiger partial charge on any atom is 0.646 e. The quantitative estimate of drug-likeness (QED) is 0.571. The van der Waals surface area contributed by atoms with Crippen LogP contribution in [-0.2, 0) is 9.09 Å². The topological polar surface area (TPSA) is 44.8 Å². The smallest absolute Gasteiger partial charge is 0.390 e. The lowest BCUT2D eigenvalue weighted by molar-refractivity contribution is 0.254. The number of hydrogen-bond donors (Lipinski definition) is 0. The second kappa shape index (κ2) is 8.02. The molecule has 0 saturated carbocycles. The Kier molecular flexibility index (Phi) is 5.54. The lowest BCUT2D eigenvalue weighted by Crippen LogP contribution is -2.05. The van der Waals surface area contributed by atoms with Gasteiger partial charge < -0.3 is 13.6 Å². The maximum atomic E-state index is 13.3. The maximum absolute atomic E-state index is 13.3. The highest BCUT2D eigenvalue weighted by atomic mass is 31.2. The van der Waals surface area contributed by atoms with Crippen LogP contribution in [0.5, 0.6) is 11.5 Å². The summed E-state index contributed by atoms with van der Waals surface area (Å²) >= 11 is 0. The summed E-state index contributed by atoms with van der Waals surface area (Å²) in [6, 6.07) is 13.3. The second-order valence-electron chi connectivity index (χ2n) is 5.28. The van der Waals surface area contributed by atoms with Gasteiger partial charge in [-0.2, -0.15) is 4.57 Å². The fourth-order valence-electron chi connectivity index (χ4n) is 2.09. The molecular weight excluding hydrogens is 361 g/mol. The van der Waals surface area contributed by atoms with E-state index in [-0.39, 0.29) is 23.7 Å². The average molecular weight is 376 g/mol. The molecule has 1 atom stereocenters. The van der Waals surface area contributed by atoms with Crippen LogP contribution >= 0.6 is 7.82 Å². The van der Waals surface area contributed by atoms with E-state index in [9.17, 15) is 13.3 Å². The summed E-state index contributed by atoms with van der Waals surface area (Å²) in [5.74, 6) is -0.340. The first kappa shape index (κ1) is 18.0. The molecule has 26 heavy (non-hydrogen) atoms. The van der Waals surface area contributed by atoms with Gasteiger partial charge >= 0.3 is 7.82 Å². The van der Waals surface area contributed by atoms with Gasteiger partial charge in [0.05, 0.1) is 0 Å². The Morgan fingerprint density at radius 2 is 1.46 bits per heavy atom. The van der Waals surface area contributed by atoms with E-state index < -0.39 is 19.5 Å². The van der Waals surface area contributed by atoms with Crippen molar-refractivity contribution >= 4 is 7.82 Å². The standard InChI is InChI=1S/C19H15F2O4P/c20-15-5-4-8-18(12-9-15)24-26(22,23-17-6-2-1-3-7-17)25-19-13-10-16(21)11-14-19/h1-7,9-14H,8H2. The largest absolute Gasteiger partial charge is 0.646 e. The number of phosphoric ester groups is 1. The van der Waals surface area contributed by atoms with Gasteiger partial charge in [-0.25, -0.2) is 8.78 Å². The number of phosphoric acid groups is 1. The lowest BCUT2D eigenvalue weighted by Gasteiger charge is -2.20. The van der Waals surface area contributed by atoms with Crippen molar-refractivity contribution < 1.29 is 26.9 Å². The zero-order chi connectivity index (χ0) is 18.4. The predicted octanol–water partition coefficient (Wildman–Crippen LogP) is 6.11. The van der Waals surface area contributed by atoms with Crippen LogP contribution < -0.4 is 9.05 Å². The zero-order valence-electron chi connectivity index (χ0n) is 13.5. The Balaban J connectivity index is 1.86. The van der Waals surface area contributed by atoms with E-state index in [1.807, 2.05) is 0 Å². The Hall–Kier alpha value is -2.85. The van der Waals surface area contributed by atoms with E-state index in [2.05, 4.69) is 0 Å². The van der Waals surface area contributed by atoms with Crippen LogP contribution in [0.2, 0.25) is 0 Å². The van der Waals surface area contributed by atoms with Crippen LogP contribution in [0.3, 0.4) is 0 Å². The van der Waals surface area contributed by atoms with Crippen molar-refractivity contribution in [2.24, 2.45) is 0 Å². The van der Waals surface area contributed by atoms with Crippen molar-refractivity contribution in [1.29, 1.82) is 0 Å². The van der Waals surface area contributed by atoms with Gasteiger partial charge in [-0.05, 0) is 54.6 Å². The number of para-hydroxylation sites is 1. The molecular formula is C19H15F2O4P. The first-order chi connectivity index (χ1) is 12.5. The number of rotatable bonds is 6. The molecule has 0 aliphatic heterocycles. The van der Waals surface area contributed by atoms with Gasteiger partial charge in [-0.3, -0.25) is 0 Å². The van der Waals surface area contributed by atoms with Crippen LogP contribution in [0, 0.1) is 5.82 Å². The molecule has 1 unspecified atom stereocenters. The van der Waals surface area contributed by atoms with E-state index in [4.69, 9.17) is 13.6 Å². The first-order valence-corrected chi connectivity index (χ1v) is 9.21. The van der Waals surface area contributed by atoms with Crippen LogP contribution in [0.4, 0.5) is 8.78 Å². The minimum Gasteiger partial charge on any atom is -0.390 e. The molecule has 134 valence electrons. The van der Waals surface area contributed by atoms with E-state index in [0.29, 0.717) is 0 Å². The molecule has 1 aliphatic rings. The molecule has 0 saturated heterocycles. The minimum absolute atomic E-state index is 0.108. The van der Waals surface area contributed by atoms with E-state index in [1.54, 1.807) is 30.3 Å². The SMILES string of the molecule is O=P(OC1=CC=C(F)C=CC1)(Oc1ccccc1)Oc1ccc(F)cc1. The molecule has 7 heteroatoms. The van der Waals surface area contributed by atoms with Gasteiger partial charge in [0.15, 0.2) is 0 Å². The second-order valence-corrected chi connectivity index (χ2v) is 6.72. The third-order valence-electron chi connectivity index (χ3n) is 3.24. The van der Waals surface area contributed by atoms with Crippen LogP contribution in [0.15, 0.2) is 90.5 Å². The van der Waals surface area contributed by atoms with Crippen molar-refractivity contribution in [3.05, 3.63) is 96.3 Å². The van der Waals surface area contributed by atoms with Crippen molar-refractivity contribution in [3.63, 3.8) is 0 Å². The third kappa shape index (κ3) is 5.07. The number of hydrogen-bond acceptors (Lipinski definition) is 4. The molecule has 4 nitrogen and oxygen atoms in total. The van der Waals surface area contributed by atoms with Crippen molar-refractivity contribution in [2.75, 3.05) is 0 Å². The molecule has 2 aromatic carbocycles. The van der Waals surface area contributed by atoms with Crippen LogP contribution in [0.25, 0.3) is 0 Å². The highest BCUT2D eigenvalue weighted by Crippen LogP contribution is 2.51. The van der Waals surface area contributed by atoms with Crippen molar-refractivity contribution in [2.45, 2.75) is 6.42 Å². The van der Waals surface area contributed by atoms with Crippen LogP contribution in [-0.4, -0.2) is 0 Å². The Morgan fingerprint density at radius 3 is 2.15 bits per heavy atom. The highest BCUT2D eigenvalue weighted by Gasteiger charge is 2.33. The number of halogens is 2. The molecule has 0 bridgehead atoms. The van der Waals surface area contributed by atoms with Gasteiger partial charge in [0.1, 0.15) is 28.9 Å². The molecule has 0 heterocycles. The summed E-state index contributed by atoms with van der Waals surface area (Å²) in [7, 11) is -4.16. The van der Waals surface area contributed by atoms with Gasteiger partial charge in [-0.15, -0.1) is 0 Å². The Bertz CT molecular complexity index is 890. The molecule has 0 radical (unpaired) electrons. The molecule has 0 spiro atoms. The molecule has 0 amide bonds. The monoisotopic (exact) mass is 376 g/mol. The summed E-state index contributed by atoms with van der Waals surface area (Å²) in [6.45, 7) is 0. The summed E-state index contributed by atoms with van der Waals surface area (Å²) in [5, 5.41) is 0. The predicted molar refractivity (Wildman–Crippen MR) is 93.8 cm³/mol. The van der Waals surface area contributed by atoms with E-state index >= 15 is 0 Å². The summed E-state index contributed by atoms with van der Waals surface area (Å²) in [5.41, 5.74) is 0. The molecule has 0 aromatic heterocycles. The third-order valence-corrected chi connectivity index (χ3v) is 4.57. The van der Waals surface area contributed by atoms with E-state index in [1.165, 1.54) is 36.4 Å². The van der Waals surface area contributed by atoms with E-state index in [0.717, 1.165) is 12.1 Å². The summed E-state index contributed by atoms with van der Waals surface area (Å²) in [6.07, 6.45) is 5.54. The summed E-state index contributed by atoms with van der Waals surface area (Å²) in [4.78, 5) is 0. The van der Waals surface area contributed by atoms with Gasteiger partial charge in [0.2, 0.25) is 0 Å². The molecule has 2 aromatic rings. The van der Waals surface area contributed by atoms with Gasteiger partial charge in [0, 0.05) is 6.42 Å². The number of allylic oxidation sites excluding steroid dienone is 5. The van der Waals surface area contributed by atoms with Gasteiger partial charge in [0.25, 0.3) is 0 Å². The Labute approximate surface area is 149 Å². The average Bonchev–Trinajstić information content (AvgIpc) is 2.82. The molecule has 0 N–H and O–H groups in total. The fourth-order valence-corrected chi connectivity index (χ4v) is 3.38. The molecule has 3 rings (SSSR count). The number of benzene rings is 2. The highest BCUT2D eigenvalue weighted by molar-refractivity contribution is 7.49. The molecule has 1 aliphatic carbocycles. The fraction of sp³-hybridized carbons (Fsp3) is 0.0526. The van der Waals surface area contributed by atoms with Crippen molar-refractivity contribution in [1.82, 2.24) is 0 Å².